The number of hydrogen-bond acceptors (Lipinski definition) is 3. The zero-order chi connectivity index (χ0) is 14.5. The molecule has 0 unspecified atom stereocenters. The van der Waals surface area contributed by atoms with Crippen LogP contribution in [0.5, 0.6) is 0 Å². The lowest BCUT2D eigenvalue weighted by Crippen LogP contribution is -1.79. The molecule has 5 aromatic heterocycles. The Kier molecular flexibility index (Phi) is 2.53. The van der Waals surface area contributed by atoms with Crippen molar-refractivity contribution in [1.82, 2.24) is 15.0 Å². The molecule has 0 spiro atoms. The van der Waals surface area contributed by atoms with Crippen LogP contribution in [0, 0.1) is 0 Å². The minimum Gasteiger partial charge on any atom is -0.338 e. The van der Waals surface area contributed by atoms with Crippen molar-refractivity contribution in [1.29, 1.82) is 0 Å². The molecule has 5 heterocycles. The Balaban J connectivity index is 1.69. The number of hydrogen-bond donors (Lipinski definition) is 2. The van der Waals surface area contributed by atoms with Crippen LogP contribution >= 0.6 is 22.7 Å². The third kappa shape index (κ3) is 1.83. The van der Waals surface area contributed by atoms with Crippen LogP contribution in [0.4, 0.5) is 0 Å². The molecule has 0 aromatic carbocycles. The molecule has 5 rings (SSSR count). The summed E-state index contributed by atoms with van der Waals surface area (Å²) in [6, 6.07) is 14.9. The van der Waals surface area contributed by atoms with Crippen LogP contribution in [-0.2, 0) is 0 Å². The van der Waals surface area contributed by atoms with Gasteiger partial charge in [-0.3, -0.25) is 0 Å². The molecule has 0 saturated carbocycles. The van der Waals surface area contributed by atoms with E-state index in [9.17, 15) is 0 Å². The van der Waals surface area contributed by atoms with Gasteiger partial charge in [0.05, 0.1) is 21.1 Å². The van der Waals surface area contributed by atoms with E-state index in [-0.39, 0.29) is 0 Å². The topological polar surface area (TPSA) is 44.5 Å². The smallest absolute Gasteiger partial charge is 0.140 e. The largest absolute Gasteiger partial charge is 0.338 e. The fourth-order valence-corrected chi connectivity index (χ4v) is 4.13. The number of nitrogens with one attached hydrogen (secondary N) is 2. The van der Waals surface area contributed by atoms with E-state index in [0.29, 0.717) is 0 Å². The summed E-state index contributed by atoms with van der Waals surface area (Å²) in [6.45, 7) is 0. The van der Waals surface area contributed by atoms with Crippen molar-refractivity contribution >= 4 is 44.7 Å². The maximum atomic E-state index is 4.74. The van der Waals surface area contributed by atoms with Crippen molar-refractivity contribution in [3.63, 3.8) is 0 Å². The summed E-state index contributed by atoms with van der Waals surface area (Å²) in [5.74, 6) is 0. The number of pyridine rings is 1. The summed E-state index contributed by atoms with van der Waals surface area (Å²) in [5.41, 5.74) is 4.11. The van der Waals surface area contributed by atoms with Crippen LogP contribution in [-0.4, -0.2) is 15.0 Å². The molecular formula is C17H11N3S2. The Morgan fingerprint density at radius 1 is 0.727 bits per heavy atom. The lowest BCUT2D eigenvalue weighted by atomic mass is 10.2. The highest BCUT2D eigenvalue weighted by molar-refractivity contribution is 7.13. The Morgan fingerprint density at radius 3 is 1.73 bits per heavy atom. The third-order valence-corrected chi connectivity index (χ3v) is 5.57. The highest BCUT2D eigenvalue weighted by atomic mass is 32.1. The average Bonchev–Trinajstić information content (AvgIpc) is 3.27. The number of aromatic amines is 2. The molecule has 0 saturated heterocycles. The summed E-state index contributed by atoms with van der Waals surface area (Å²) in [5, 5.41) is 6.47. The molecule has 22 heavy (non-hydrogen) atoms. The van der Waals surface area contributed by atoms with Gasteiger partial charge in [0.2, 0.25) is 0 Å². The van der Waals surface area contributed by atoms with Crippen molar-refractivity contribution in [2.75, 3.05) is 0 Å². The minimum atomic E-state index is 0.926. The summed E-state index contributed by atoms with van der Waals surface area (Å²) >= 11 is 3.47. The number of H-pyrrole nitrogens is 2. The predicted octanol–water partition coefficient (Wildman–Crippen LogP) is 5.50. The minimum absolute atomic E-state index is 0.926. The van der Waals surface area contributed by atoms with Crippen LogP contribution < -0.4 is 0 Å². The summed E-state index contributed by atoms with van der Waals surface area (Å²) in [7, 11) is 0. The number of fused-ring (bicyclic) bond motifs is 2. The van der Waals surface area contributed by atoms with Gasteiger partial charge in [-0.15, -0.1) is 22.7 Å². The van der Waals surface area contributed by atoms with Gasteiger partial charge in [-0.25, -0.2) is 4.98 Å². The van der Waals surface area contributed by atoms with Gasteiger partial charge in [-0.1, -0.05) is 12.1 Å². The first-order valence-electron chi connectivity index (χ1n) is 6.97. The Morgan fingerprint density at radius 2 is 1.27 bits per heavy atom. The van der Waals surface area contributed by atoms with Crippen LogP contribution in [0.3, 0.4) is 0 Å². The third-order valence-electron chi connectivity index (χ3n) is 3.76. The molecule has 5 heteroatoms. The standard InChI is InChI=1S/C17H11N3S2/c1-3-14(21-5-1)12-8-10-7-11-9-13(15-4-2-6-22-15)19-17(11)20-16(10)18-12/h1-9H,(H2,18,19,20). The van der Waals surface area contributed by atoms with Crippen LogP contribution in [0.2, 0.25) is 0 Å². The van der Waals surface area contributed by atoms with E-state index < -0.39 is 0 Å². The fourth-order valence-electron chi connectivity index (χ4n) is 2.73. The second kappa shape index (κ2) is 4.56. The van der Waals surface area contributed by atoms with E-state index in [1.807, 2.05) is 0 Å². The number of aromatic nitrogens is 3. The first kappa shape index (κ1) is 12.2. The maximum Gasteiger partial charge on any atom is 0.140 e. The Hall–Kier alpha value is -2.37. The van der Waals surface area contributed by atoms with Crippen molar-refractivity contribution in [2.45, 2.75) is 0 Å². The molecule has 2 N–H and O–H groups in total. The van der Waals surface area contributed by atoms with Crippen molar-refractivity contribution in [3.05, 3.63) is 53.2 Å². The summed E-state index contributed by atoms with van der Waals surface area (Å²) in [4.78, 5) is 14.0. The average molecular weight is 321 g/mol. The van der Waals surface area contributed by atoms with Gasteiger partial charge in [0.1, 0.15) is 11.3 Å². The molecule has 0 amide bonds. The van der Waals surface area contributed by atoms with Crippen LogP contribution in [0.15, 0.2) is 53.2 Å². The molecule has 0 atom stereocenters. The molecule has 0 aliphatic heterocycles. The quantitative estimate of drug-likeness (QED) is 0.443. The Bertz CT molecular complexity index is 931. The molecule has 0 radical (unpaired) electrons. The van der Waals surface area contributed by atoms with Gasteiger partial charge in [0.25, 0.3) is 0 Å². The van der Waals surface area contributed by atoms with Crippen LogP contribution in [0.25, 0.3) is 43.2 Å². The summed E-state index contributed by atoms with van der Waals surface area (Å²) in [6.07, 6.45) is 0. The zero-order valence-corrected chi connectivity index (χ0v) is 13.1. The van der Waals surface area contributed by atoms with Gasteiger partial charge < -0.3 is 9.97 Å². The van der Waals surface area contributed by atoms with E-state index in [1.54, 1.807) is 22.7 Å². The lowest BCUT2D eigenvalue weighted by Gasteiger charge is -1.91. The van der Waals surface area contributed by atoms with Crippen molar-refractivity contribution < 1.29 is 0 Å². The van der Waals surface area contributed by atoms with Crippen LogP contribution in [0.1, 0.15) is 0 Å². The van der Waals surface area contributed by atoms with E-state index in [0.717, 1.165) is 33.5 Å². The van der Waals surface area contributed by atoms with E-state index in [1.165, 1.54) is 9.75 Å². The molecule has 0 fully saturated rings. The number of rotatable bonds is 2. The predicted molar refractivity (Wildman–Crippen MR) is 94.6 cm³/mol. The Labute approximate surface area is 134 Å². The van der Waals surface area contributed by atoms with Gasteiger partial charge in [-0.05, 0) is 41.1 Å². The molecule has 0 bridgehead atoms. The molecule has 0 aliphatic rings. The highest BCUT2D eigenvalue weighted by Crippen LogP contribution is 2.31. The molecule has 106 valence electrons. The van der Waals surface area contributed by atoms with E-state index >= 15 is 0 Å². The number of nitrogens with zero attached hydrogens (tertiary/aromatic N) is 1. The molecule has 3 nitrogen and oxygen atoms in total. The highest BCUT2D eigenvalue weighted by Gasteiger charge is 2.10. The SMILES string of the molecule is c1csc(-c2cc3cc4cc(-c5cccs5)[nH]c4nc3[nH]2)c1. The van der Waals surface area contributed by atoms with Gasteiger partial charge in [-0.2, -0.15) is 0 Å². The van der Waals surface area contributed by atoms with E-state index in [4.69, 9.17) is 4.98 Å². The molecule has 5 aromatic rings. The second-order valence-electron chi connectivity index (χ2n) is 5.18. The normalized spacial score (nSPS) is 11.6. The number of thiophene rings is 2. The molecular weight excluding hydrogens is 310 g/mol. The maximum absolute atomic E-state index is 4.74. The lowest BCUT2D eigenvalue weighted by molar-refractivity contribution is 1.33. The summed E-state index contributed by atoms with van der Waals surface area (Å²) < 4.78 is 0. The van der Waals surface area contributed by atoms with Crippen molar-refractivity contribution in [2.24, 2.45) is 0 Å². The van der Waals surface area contributed by atoms with Crippen molar-refractivity contribution in [3.8, 4) is 21.1 Å². The van der Waals surface area contributed by atoms with Gasteiger partial charge in [0.15, 0.2) is 0 Å². The van der Waals surface area contributed by atoms with E-state index in [2.05, 4.69) is 63.2 Å². The van der Waals surface area contributed by atoms with Gasteiger partial charge in [0, 0.05) is 10.8 Å². The zero-order valence-electron chi connectivity index (χ0n) is 11.5. The monoisotopic (exact) mass is 321 g/mol. The first-order valence-corrected chi connectivity index (χ1v) is 8.73. The van der Waals surface area contributed by atoms with Gasteiger partial charge >= 0.3 is 0 Å². The fraction of sp³-hybridized carbons (Fsp3) is 0. The first-order chi connectivity index (χ1) is 10.9. The molecule has 0 aliphatic carbocycles. The second-order valence-corrected chi connectivity index (χ2v) is 7.08.